The number of halogens is 1. The van der Waals surface area contributed by atoms with Gasteiger partial charge < -0.3 is 10.1 Å². The van der Waals surface area contributed by atoms with Crippen molar-refractivity contribution in [3.05, 3.63) is 30.1 Å². The molecule has 1 aliphatic heterocycles. The topological polar surface area (TPSA) is 75.7 Å². The Morgan fingerprint density at radius 3 is 2.91 bits per heavy atom. The quantitative estimate of drug-likeness (QED) is 0.862. The molecule has 126 valence electrons. The minimum absolute atomic E-state index is 0.0314. The zero-order valence-corrected chi connectivity index (χ0v) is 13.6. The Balaban J connectivity index is 1.68. The number of sulfonamides is 1. The van der Waals surface area contributed by atoms with Crippen LogP contribution in [0.1, 0.15) is 12.8 Å². The number of nitrogens with one attached hydrogen (secondary N) is 1. The van der Waals surface area contributed by atoms with Gasteiger partial charge in [-0.15, -0.1) is 0 Å². The SMILES string of the molecule is CS(=O)(=O)N(CC(=O)N[C@H]1C[C@@H]2OCC[C@H]12)c1cccc(F)c1. The Bertz CT molecular complexity index is 709. The maximum atomic E-state index is 13.3. The first-order valence-electron chi connectivity index (χ1n) is 7.49. The van der Waals surface area contributed by atoms with Crippen LogP contribution < -0.4 is 9.62 Å². The molecular formula is C15H19FN2O4S. The summed E-state index contributed by atoms with van der Waals surface area (Å²) in [6.45, 7) is 0.345. The summed E-state index contributed by atoms with van der Waals surface area (Å²) in [6.07, 6.45) is 2.88. The first kappa shape index (κ1) is 16.2. The van der Waals surface area contributed by atoms with Crippen molar-refractivity contribution in [1.29, 1.82) is 0 Å². The van der Waals surface area contributed by atoms with Gasteiger partial charge in [-0.3, -0.25) is 9.10 Å². The lowest BCUT2D eigenvalue weighted by atomic mass is 9.76. The number of hydrogen-bond acceptors (Lipinski definition) is 4. The predicted octanol–water partition coefficient (Wildman–Crippen LogP) is 0.885. The largest absolute Gasteiger partial charge is 0.378 e. The third kappa shape index (κ3) is 3.48. The van der Waals surface area contributed by atoms with Gasteiger partial charge in [0.15, 0.2) is 0 Å². The summed E-state index contributed by atoms with van der Waals surface area (Å²) in [6, 6.07) is 5.22. The van der Waals surface area contributed by atoms with Crippen LogP contribution in [0.5, 0.6) is 0 Å². The van der Waals surface area contributed by atoms with Crippen LogP contribution in [0.25, 0.3) is 0 Å². The van der Waals surface area contributed by atoms with Crippen LogP contribution in [0.15, 0.2) is 24.3 Å². The van der Waals surface area contributed by atoms with Gasteiger partial charge >= 0.3 is 0 Å². The highest BCUT2D eigenvalue weighted by atomic mass is 32.2. The second-order valence-corrected chi connectivity index (χ2v) is 7.93. The first-order valence-corrected chi connectivity index (χ1v) is 9.33. The van der Waals surface area contributed by atoms with Crippen LogP contribution in [-0.2, 0) is 19.6 Å². The molecular weight excluding hydrogens is 323 g/mol. The van der Waals surface area contributed by atoms with Gasteiger partial charge in [0.1, 0.15) is 12.4 Å². The number of ether oxygens (including phenoxy) is 1. The van der Waals surface area contributed by atoms with E-state index in [1.165, 1.54) is 18.2 Å². The Morgan fingerprint density at radius 1 is 1.48 bits per heavy atom. The smallest absolute Gasteiger partial charge is 0.241 e. The summed E-state index contributed by atoms with van der Waals surface area (Å²) in [4.78, 5) is 12.2. The third-order valence-corrected chi connectivity index (χ3v) is 5.53. The summed E-state index contributed by atoms with van der Waals surface area (Å²) in [5.74, 6) is -0.628. The van der Waals surface area contributed by atoms with Crippen molar-refractivity contribution in [1.82, 2.24) is 5.32 Å². The van der Waals surface area contributed by atoms with Crippen molar-refractivity contribution in [2.45, 2.75) is 25.0 Å². The number of carbonyl (C=O) groups excluding carboxylic acids is 1. The summed E-state index contributed by atoms with van der Waals surface area (Å²) in [5, 5.41) is 2.86. The molecule has 1 saturated heterocycles. The number of carbonyl (C=O) groups is 1. The molecule has 3 rings (SSSR count). The van der Waals surface area contributed by atoms with E-state index in [1.807, 2.05) is 0 Å². The molecule has 1 saturated carbocycles. The molecule has 0 bridgehead atoms. The zero-order valence-electron chi connectivity index (χ0n) is 12.7. The van der Waals surface area contributed by atoms with Crippen molar-refractivity contribution in [2.75, 3.05) is 23.7 Å². The Hall–Kier alpha value is -1.67. The Kier molecular flexibility index (Phi) is 4.29. The van der Waals surface area contributed by atoms with Crippen LogP contribution in [0, 0.1) is 11.7 Å². The average molecular weight is 342 g/mol. The molecule has 8 heteroatoms. The molecule has 1 aromatic rings. The summed E-state index contributed by atoms with van der Waals surface area (Å²) in [5.41, 5.74) is 0.137. The summed E-state index contributed by atoms with van der Waals surface area (Å²) < 4.78 is 43.6. The zero-order chi connectivity index (χ0) is 16.6. The van der Waals surface area contributed by atoms with Gasteiger partial charge in [-0.25, -0.2) is 12.8 Å². The molecule has 23 heavy (non-hydrogen) atoms. The highest BCUT2D eigenvalue weighted by Crippen LogP contribution is 2.38. The van der Waals surface area contributed by atoms with Gasteiger partial charge in [0.25, 0.3) is 0 Å². The first-order chi connectivity index (χ1) is 10.8. The fourth-order valence-corrected chi connectivity index (χ4v) is 4.03. The second kappa shape index (κ2) is 6.09. The van der Waals surface area contributed by atoms with E-state index >= 15 is 0 Å². The minimum Gasteiger partial charge on any atom is -0.378 e. The lowest BCUT2D eigenvalue weighted by Crippen LogP contribution is -2.55. The molecule has 0 aromatic heterocycles. The molecule has 0 radical (unpaired) electrons. The molecule has 1 amide bonds. The fraction of sp³-hybridized carbons (Fsp3) is 0.533. The van der Waals surface area contributed by atoms with Gasteiger partial charge in [-0.1, -0.05) is 6.07 Å². The van der Waals surface area contributed by atoms with Gasteiger partial charge in [-0.05, 0) is 31.0 Å². The van der Waals surface area contributed by atoms with Crippen LogP contribution in [0.3, 0.4) is 0 Å². The van der Waals surface area contributed by atoms with Crippen molar-refractivity contribution in [3.8, 4) is 0 Å². The number of amides is 1. The monoisotopic (exact) mass is 342 g/mol. The number of nitrogens with zero attached hydrogens (tertiary/aromatic N) is 1. The molecule has 3 atom stereocenters. The molecule has 1 aromatic carbocycles. The van der Waals surface area contributed by atoms with Crippen molar-refractivity contribution in [2.24, 2.45) is 5.92 Å². The van der Waals surface area contributed by atoms with E-state index in [1.54, 1.807) is 0 Å². The summed E-state index contributed by atoms with van der Waals surface area (Å²) >= 11 is 0. The average Bonchev–Trinajstić information content (AvgIpc) is 2.82. The van der Waals surface area contributed by atoms with Crippen LogP contribution in [-0.4, -0.2) is 45.9 Å². The fourth-order valence-electron chi connectivity index (χ4n) is 3.18. The minimum atomic E-state index is -3.69. The van der Waals surface area contributed by atoms with Crippen molar-refractivity contribution in [3.63, 3.8) is 0 Å². The predicted molar refractivity (Wildman–Crippen MR) is 83.0 cm³/mol. The number of rotatable bonds is 5. The maximum Gasteiger partial charge on any atom is 0.241 e. The molecule has 1 N–H and O–H groups in total. The van der Waals surface area contributed by atoms with E-state index in [9.17, 15) is 17.6 Å². The number of anilines is 1. The van der Waals surface area contributed by atoms with Crippen molar-refractivity contribution < 1.29 is 22.3 Å². The van der Waals surface area contributed by atoms with E-state index < -0.39 is 21.7 Å². The lowest BCUT2D eigenvalue weighted by molar-refractivity contribution is -0.122. The Morgan fingerprint density at radius 2 is 2.26 bits per heavy atom. The van der Waals surface area contributed by atoms with E-state index in [4.69, 9.17) is 4.74 Å². The normalized spacial score (nSPS) is 26.3. The van der Waals surface area contributed by atoms with Crippen LogP contribution in [0.4, 0.5) is 10.1 Å². The van der Waals surface area contributed by atoms with Gasteiger partial charge in [-0.2, -0.15) is 0 Å². The van der Waals surface area contributed by atoms with E-state index in [2.05, 4.69) is 5.32 Å². The third-order valence-electron chi connectivity index (χ3n) is 4.39. The van der Waals surface area contributed by atoms with Gasteiger partial charge in [0, 0.05) is 18.6 Å². The second-order valence-electron chi connectivity index (χ2n) is 6.02. The van der Waals surface area contributed by atoms with Gasteiger partial charge in [0.05, 0.1) is 18.0 Å². The number of benzene rings is 1. The van der Waals surface area contributed by atoms with E-state index in [0.717, 1.165) is 29.5 Å². The standard InChI is InChI=1S/C15H19FN2O4S/c1-23(20,21)18(11-4-2-3-10(16)7-11)9-15(19)17-13-8-14-12(13)5-6-22-14/h2-4,7,12-14H,5-6,8-9H2,1H3,(H,17,19)/t12-,13+,14+/m1/s1. The van der Waals surface area contributed by atoms with Crippen LogP contribution in [0.2, 0.25) is 0 Å². The number of hydrogen-bond donors (Lipinski definition) is 1. The highest BCUT2D eigenvalue weighted by molar-refractivity contribution is 7.92. The molecule has 1 heterocycles. The summed E-state index contributed by atoms with van der Waals surface area (Å²) in [7, 11) is -3.69. The van der Waals surface area contributed by atoms with E-state index in [-0.39, 0.29) is 24.4 Å². The van der Waals surface area contributed by atoms with Crippen molar-refractivity contribution >= 4 is 21.6 Å². The molecule has 2 fully saturated rings. The molecule has 0 unspecified atom stereocenters. The highest BCUT2D eigenvalue weighted by Gasteiger charge is 2.45. The molecule has 0 spiro atoms. The Labute approximate surface area is 134 Å². The van der Waals surface area contributed by atoms with E-state index in [0.29, 0.717) is 12.5 Å². The molecule has 1 aliphatic carbocycles. The lowest BCUT2D eigenvalue weighted by Gasteiger charge is -2.39. The molecule has 6 nitrogen and oxygen atoms in total. The number of fused-ring (bicyclic) bond motifs is 1. The van der Waals surface area contributed by atoms with Gasteiger partial charge in [0.2, 0.25) is 15.9 Å². The van der Waals surface area contributed by atoms with Crippen LogP contribution >= 0.6 is 0 Å². The molecule has 2 aliphatic rings. The maximum absolute atomic E-state index is 13.3.